The number of carboxylic acid groups (broad SMARTS) is 2. The van der Waals surface area contributed by atoms with Gasteiger partial charge in [-0.2, -0.15) is 0 Å². The molecule has 0 fully saturated rings. The zero-order chi connectivity index (χ0) is 24.8. The standard InChI is InChI=1S/C18H34O2.C11H20O2/c1-2-3-4-5-6-7-8-9-10-11-12-13-14-15-16-17-18(19)20;1-2-3-4-5-6-7-8-9-10-11(12)13/h9-10H,2-8,11-17H2,1H3,(H,19,20);2H,1,3-10H2,(H,12,13)/b10-9-;. The van der Waals surface area contributed by atoms with E-state index in [1.165, 1.54) is 96.3 Å². The lowest BCUT2D eigenvalue weighted by molar-refractivity contribution is -0.138. The lowest BCUT2D eigenvalue weighted by Crippen LogP contribution is -1.93. The van der Waals surface area contributed by atoms with E-state index in [-0.39, 0.29) is 0 Å². The topological polar surface area (TPSA) is 74.6 Å². The highest BCUT2D eigenvalue weighted by Crippen LogP contribution is 2.10. The summed E-state index contributed by atoms with van der Waals surface area (Å²) < 4.78 is 0. The Balaban J connectivity index is 0. The summed E-state index contributed by atoms with van der Waals surface area (Å²) in [5.41, 5.74) is 0. The zero-order valence-electron chi connectivity index (χ0n) is 21.7. The summed E-state index contributed by atoms with van der Waals surface area (Å²) in [7, 11) is 0. The molecule has 4 nitrogen and oxygen atoms in total. The first kappa shape index (κ1) is 33.6. The molecule has 33 heavy (non-hydrogen) atoms. The van der Waals surface area contributed by atoms with Crippen LogP contribution in [0.5, 0.6) is 0 Å². The van der Waals surface area contributed by atoms with Crippen LogP contribution in [0.15, 0.2) is 24.8 Å². The van der Waals surface area contributed by atoms with Crippen LogP contribution in [0, 0.1) is 0 Å². The van der Waals surface area contributed by atoms with Crippen LogP contribution >= 0.6 is 0 Å². The van der Waals surface area contributed by atoms with E-state index in [0.29, 0.717) is 12.8 Å². The average Bonchev–Trinajstić information content (AvgIpc) is 2.78. The van der Waals surface area contributed by atoms with E-state index in [1.807, 2.05) is 6.08 Å². The Bertz CT molecular complexity index is 457. The van der Waals surface area contributed by atoms with E-state index < -0.39 is 11.9 Å². The molecule has 2 N–H and O–H groups in total. The number of rotatable bonds is 24. The van der Waals surface area contributed by atoms with Crippen molar-refractivity contribution in [2.75, 3.05) is 0 Å². The Labute approximate surface area is 204 Å². The van der Waals surface area contributed by atoms with Crippen LogP contribution in [0.25, 0.3) is 0 Å². The predicted octanol–water partition coefficient (Wildman–Crippen LogP) is 9.49. The smallest absolute Gasteiger partial charge is 0.303 e. The average molecular weight is 467 g/mol. The van der Waals surface area contributed by atoms with Gasteiger partial charge < -0.3 is 10.2 Å². The van der Waals surface area contributed by atoms with Gasteiger partial charge in [0.15, 0.2) is 0 Å². The summed E-state index contributed by atoms with van der Waals surface area (Å²) in [4.78, 5) is 20.5. The molecule has 4 heteroatoms. The first-order valence-corrected chi connectivity index (χ1v) is 13.7. The minimum atomic E-state index is -0.674. The van der Waals surface area contributed by atoms with E-state index >= 15 is 0 Å². The summed E-state index contributed by atoms with van der Waals surface area (Å²) in [5.74, 6) is -1.34. The first-order chi connectivity index (χ1) is 16.0. The summed E-state index contributed by atoms with van der Waals surface area (Å²) in [5, 5.41) is 16.9. The second-order valence-electron chi connectivity index (χ2n) is 9.07. The lowest BCUT2D eigenvalue weighted by atomic mass is 10.1. The van der Waals surface area contributed by atoms with E-state index in [0.717, 1.165) is 32.1 Å². The van der Waals surface area contributed by atoms with E-state index in [4.69, 9.17) is 10.2 Å². The summed E-state index contributed by atoms with van der Waals surface area (Å²) >= 11 is 0. The maximum absolute atomic E-state index is 10.3. The summed E-state index contributed by atoms with van der Waals surface area (Å²) in [6, 6.07) is 0. The molecule has 0 aliphatic rings. The summed E-state index contributed by atoms with van der Waals surface area (Å²) in [6.45, 7) is 5.92. The molecule has 0 unspecified atom stereocenters. The van der Waals surface area contributed by atoms with Crippen molar-refractivity contribution >= 4 is 11.9 Å². The second kappa shape index (κ2) is 30.4. The van der Waals surface area contributed by atoms with Gasteiger partial charge in [0.1, 0.15) is 0 Å². The van der Waals surface area contributed by atoms with Crippen LogP contribution in [0.2, 0.25) is 0 Å². The molecule has 0 aliphatic carbocycles. The highest BCUT2D eigenvalue weighted by atomic mass is 16.4. The fourth-order valence-electron chi connectivity index (χ4n) is 3.62. The molecule has 0 bridgehead atoms. The fraction of sp³-hybridized carbons (Fsp3) is 0.793. The van der Waals surface area contributed by atoms with Gasteiger partial charge in [-0.25, -0.2) is 0 Å². The number of aliphatic carboxylic acids is 2. The van der Waals surface area contributed by atoms with Gasteiger partial charge in [0.2, 0.25) is 0 Å². The molecule has 0 amide bonds. The van der Waals surface area contributed by atoms with Crippen LogP contribution in [0.4, 0.5) is 0 Å². The molecule has 0 rings (SSSR count). The van der Waals surface area contributed by atoms with Crippen molar-refractivity contribution in [1.29, 1.82) is 0 Å². The first-order valence-electron chi connectivity index (χ1n) is 13.7. The van der Waals surface area contributed by atoms with E-state index in [9.17, 15) is 9.59 Å². The Hall–Kier alpha value is -1.58. The number of carbonyl (C=O) groups is 2. The van der Waals surface area contributed by atoms with Gasteiger partial charge >= 0.3 is 11.9 Å². The predicted molar refractivity (Wildman–Crippen MR) is 142 cm³/mol. The third-order valence-corrected chi connectivity index (χ3v) is 5.70. The van der Waals surface area contributed by atoms with Gasteiger partial charge in [-0.1, -0.05) is 102 Å². The van der Waals surface area contributed by atoms with Crippen molar-refractivity contribution in [3.63, 3.8) is 0 Å². The maximum atomic E-state index is 10.3. The molecule has 0 aromatic carbocycles. The maximum Gasteiger partial charge on any atom is 0.303 e. The van der Waals surface area contributed by atoms with Crippen molar-refractivity contribution in [2.45, 2.75) is 148 Å². The third kappa shape index (κ3) is 38.0. The highest BCUT2D eigenvalue weighted by molar-refractivity contribution is 5.66. The van der Waals surface area contributed by atoms with Gasteiger partial charge in [-0.3, -0.25) is 9.59 Å². The highest BCUT2D eigenvalue weighted by Gasteiger charge is 1.96. The van der Waals surface area contributed by atoms with Crippen molar-refractivity contribution in [3.8, 4) is 0 Å². The van der Waals surface area contributed by atoms with Crippen molar-refractivity contribution in [1.82, 2.24) is 0 Å². The quantitative estimate of drug-likeness (QED) is 0.110. The fourth-order valence-corrected chi connectivity index (χ4v) is 3.62. The third-order valence-electron chi connectivity index (χ3n) is 5.70. The zero-order valence-corrected chi connectivity index (χ0v) is 21.7. The number of hydrogen-bond donors (Lipinski definition) is 2. The monoisotopic (exact) mass is 466 g/mol. The van der Waals surface area contributed by atoms with Gasteiger partial charge in [-0.15, -0.1) is 6.58 Å². The van der Waals surface area contributed by atoms with Crippen LogP contribution in [0.3, 0.4) is 0 Å². The molecule has 0 saturated carbocycles. The van der Waals surface area contributed by atoms with Gasteiger partial charge in [-0.05, 0) is 51.4 Å². The van der Waals surface area contributed by atoms with Gasteiger partial charge in [0.25, 0.3) is 0 Å². The molecule has 0 heterocycles. The Kier molecular flexibility index (Phi) is 31.0. The normalized spacial score (nSPS) is 10.7. The number of hydrogen-bond acceptors (Lipinski definition) is 2. The Morgan fingerprint density at radius 2 is 0.879 bits per heavy atom. The molecule has 194 valence electrons. The van der Waals surface area contributed by atoms with Crippen molar-refractivity contribution in [3.05, 3.63) is 24.8 Å². The Morgan fingerprint density at radius 3 is 1.24 bits per heavy atom. The molecule has 0 aliphatic heterocycles. The SMILES string of the molecule is C=CCCCCCCCCC(=O)O.CCCCCCCC/C=C\CCCCCCCC(=O)O. The van der Waals surface area contributed by atoms with Gasteiger partial charge in [0.05, 0.1) is 0 Å². The number of allylic oxidation sites excluding steroid dienone is 3. The van der Waals surface area contributed by atoms with Crippen LogP contribution < -0.4 is 0 Å². The molecule has 0 aromatic rings. The van der Waals surface area contributed by atoms with Crippen molar-refractivity contribution < 1.29 is 19.8 Å². The van der Waals surface area contributed by atoms with Gasteiger partial charge in [0, 0.05) is 12.8 Å². The molecular formula is C29H54O4. The number of carboxylic acids is 2. The van der Waals surface area contributed by atoms with E-state index in [2.05, 4.69) is 25.7 Å². The number of unbranched alkanes of at least 4 members (excludes halogenated alkanes) is 17. The van der Waals surface area contributed by atoms with Crippen molar-refractivity contribution in [2.24, 2.45) is 0 Å². The van der Waals surface area contributed by atoms with Crippen LogP contribution in [-0.2, 0) is 9.59 Å². The van der Waals surface area contributed by atoms with Crippen LogP contribution in [-0.4, -0.2) is 22.2 Å². The van der Waals surface area contributed by atoms with E-state index in [1.54, 1.807) is 0 Å². The molecule has 0 radical (unpaired) electrons. The second-order valence-corrected chi connectivity index (χ2v) is 9.07. The molecule has 0 atom stereocenters. The minimum Gasteiger partial charge on any atom is -0.481 e. The Morgan fingerprint density at radius 1 is 0.545 bits per heavy atom. The largest absolute Gasteiger partial charge is 0.481 e. The molecular weight excluding hydrogens is 412 g/mol. The lowest BCUT2D eigenvalue weighted by Gasteiger charge is -1.99. The van der Waals surface area contributed by atoms with Crippen LogP contribution in [0.1, 0.15) is 148 Å². The molecule has 0 spiro atoms. The molecule has 0 aromatic heterocycles. The summed E-state index contributed by atoms with van der Waals surface area (Å²) in [6.07, 6.45) is 31.4. The minimum absolute atomic E-state index is 0.326. The molecule has 0 saturated heterocycles.